The van der Waals surface area contributed by atoms with Crippen LogP contribution in [0, 0.1) is 18.7 Å². The van der Waals surface area contributed by atoms with E-state index in [9.17, 15) is 5.11 Å². The van der Waals surface area contributed by atoms with Crippen molar-refractivity contribution in [3.05, 3.63) is 40.1 Å². The largest absolute Gasteiger partial charge is 0.414 e. The number of hydrogen-bond acceptors (Lipinski definition) is 5. The van der Waals surface area contributed by atoms with Gasteiger partial charge in [0.05, 0.1) is 12.5 Å². The van der Waals surface area contributed by atoms with Crippen molar-refractivity contribution >= 4 is 17.9 Å². The van der Waals surface area contributed by atoms with Crippen LogP contribution in [-0.2, 0) is 6.42 Å². The van der Waals surface area contributed by atoms with E-state index in [0.29, 0.717) is 18.9 Å². The van der Waals surface area contributed by atoms with E-state index in [0.717, 1.165) is 11.3 Å². The number of nitrogens with zero attached hydrogens (tertiary/aromatic N) is 1. The zero-order chi connectivity index (χ0) is 13.8. The number of nitrogens with one attached hydrogen (secondary N) is 2. The highest BCUT2D eigenvalue weighted by Crippen LogP contribution is 2.16. The molecule has 0 aliphatic heterocycles. The maximum Gasteiger partial charge on any atom is 0.284 e. The monoisotopic (exact) mass is 279 g/mol. The first kappa shape index (κ1) is 13.8. The molecule has 0 radical (unpaired) electrons. The third kappa shape index (κ3) is 3.90. The highest BCUT2D eigenvalue weighted by molar-refractivity contribution is 7.71. The van der Waals surface area contributed by atoms with Crippen LogP contribution in [0.25, 0.3) is 0 Å². The molecule has 2 aromatic rings. The van der Waals surface area contributed by atoms with Crippen LogP contribution in [0.1, 0.15) is 17.0 Å². The van der Waals surface area contributed by atoms with E-state index < -0.39 is 6.10 Å². The van der Waals surface area contributed by atoms with Gasteiger partial charge in [-0.25, -0.2) is 5.10 Å². The fraction of sp³-hybridized carbons (Fsp3) is 0.385. The molecule has 6 heteroatoms. The SMILES string of the molecule is Cc1ccc(NCC(O)Cc2n[nH]c(=S)o2)c(C)c1. The van der Waals surface area contributed by atoms with Crippen LogP contribution >= 0.6 is 12.2 Å². The number of aliphatic hydroxyl groups excluding tert-OH is 1. The lowest BCUT2D eigenvalue weighted by Gasteiger charge is -2.13. The van der Waals surface area contributed by atoms with Crippen molar-refractivity contribution in [1.82, 2.24) is 10.2 Å². The van der Waals surface area contributed by atoms with Crippen molar-refractivity contribution in [3.63, 3.8) is 0 Å². The number of H-pyrrole nitrogens is 1. The van der Waals surface area contributed by atoms with Gasteiger partial charge in [0.2, 0.25) is 5.89 Å². The Balaban J connectivity index is 1.89. The van der Waals surface area contributed by atoms with Crippen LogP contribution in [0.3, 0.4) is 0 Å². The van der Waals surface area contributed by atoms with Gasteiger partial charge in [0.25, 0.3) is 4.84 Å². The summed E-state index contributed by atoms with van der Waals surface area (Å²) in [5, 5.41) is 19.5. The minimum atomic E-state index is -0.581. The summed E-state index contributed by atoms with van der Waals surface area (Å²) in [6.45, 7) is 4.52. The molecule has 0 amide bonds. The van der Waals surface area contributed by atoms with Gasteiger partial charge < -0.3 is 14.8 Å². The van der Waals surface area contributed by atoms with Crippen LogP contribution in [0.15, 0.2) is 22.6 Å². The highest BCUT2D eigenvalue weighted by Gasteiger charge is 2.10. The molecule has 1 atom stereocenters. The van der Waals surface area contributed by atoms with Crippen molar-refractivity contribution < 1.29 is 9.52 Å². The number of hydrogen-bond donors (Lipinski definition) is 3. The standard InChI is InChI=1S/C13H17N3O2S/c1-8-3-4-11(9(2)5-8)14-7-10(17)6-12-15-16-13(19)18-12/h3-5,10,14,17H,6-7H2,1-2H3,(H,16,19). The number of aryl methyl sites for hydroxylation is 2. The lowest BCUT2D eigenvalue weighted by Crippen LogP contribution is -2.22. The Morgan fingerprint density at radius 3 is 2.89 bits per heavy atom. The molecule has 0 bridgehead atoms. The summed E-state index contributed by atoms with van der Waals surface area (Å²) in [6.07, 6.45) is -0.257. The van der Waals surface area contributed by atoms with Crippen molar-refractivity contribution in [2.24, 2.45) is 0 Å². The molecule has 1 heterocycles. The summed E-state index contributed by atoms with van der Waals surface area (Å²) < 4.78 is 5.11. The molecule has 1 unspecified atom stereocenters. The van der Waals surface area contributed by atoms with Gasteiger partial charge in [-0.15, -0.1) is 5.10 Å². The normalized spacial score (nSPS) is 12.4. The second kappa shape index (κ2) is 5.99. The quantitative estimate of drug-likeness (QED) is 0.733. The summed E-state index contributed by atoms with van der Waals surface area (Å²) in [5.41, 5.74) is 3.40. The Hall–Kier alpha value is -1.66. The summed E-state index contributed by atoms with van der Waals surface area (Å²) in [7, 11) is 0. The Kier molecular flexibility index (Phi) is 4.34. The molecule has 0 fully saturated rings. The fourth-order valence-corrected chi connectivity index (χ4v) is 2.00. The molecular weight excluding hydrogens is 262 g/mol. The van der Waals surface area contributed by atoms with Gasteiger partial charge >= 0.3 is 0 Å². The smallest absolute Gasteiger partial charge is 0.284 e. The molecule has 0 aliphatic rings. The maximum atomic E-state index is 9.91. The minimum absolute atomic E-state index is 0.226. The molecule has 102 valence electrons. The first-order valence-corrected chi connectivity index (χ1v) is 6.49. The molecule has 3 N–H and O–H groups in total. The third-order valence-corrected chi connectivity index (χ3v) is 2.98. The van der Waals surface area contributed by atoms with Gasteiger partial charge in [-0.2, -0.15) is 0 Å². The molecule has 1 aromatic carbocycles. The predicted molar refractivity (Wildman–Crippen MR) is 75.8 cm³/mol. The second-order valence-corrected chi connectivity index (χ2v) is 4.93. The third-order valence-electron chi connectivity index (χ3n) is 2.80. The summed E-state index contributed by atoms with van der Waals surface area (Å²) >= 11 is 4.77. The van der Waals surface area contributed by atoms with Crippen molar-refractivity contribution in [2.75, 3.05) is 11.9 Å². The molecule has 0 saturated heterocycles. The van der Waals surface area contributed by atoms with Crippen molar-refractivity contribution in [1.29, 1.82) is 0 Å². The zero-order valence-electron chi connectivity index (χ0n) is 10.9. The number of aliphatic hydroxyl groups is 1. The van der Waals surface area contributed by atoms with E-state index in [1.54, 1.807) is 0 Å². The molecular formula is C13H17N3O2S. The minimum Gasteiger partial charge on any atom is -0.414 e. The highest BCUT2D eigenvalue weighted by atomic mass is 32.1. The Bertz CT molecular complexity index is 606. The number of aromatic amines is 1. The van der Waals surface area contributed by atoms with Gasteiger partial charge in [-0.05, 0) is 37.7 Å². The van der Waals surface area contributed by atoms with Crippen LogP contribution in [0.4, 0.5) is 5.69 Å². The van der Waals surface area contributed by atoms with Crippen molar-refractivity contribution in [3.8, 4) is 0 Å². The van der Waals surface area contributed by atoms with Gasteiger partial charge in [0.1, 0.15) is 0 Å². The molecule has 0 aliphatic carbocycles. The van der Waals surface area contributed by atoms with E-state index in [-0.39, 0.29) is 4.84 Å². The lowest BCUT2D eigenvalue weighted by atomic mass is 10.1. The topological polar surface area (TPSA) is 74.1 Å². The van der Waals surface area contributed by atoms with Crippen LogP contribution in [0.2, 0.25) is 0 Å². The molecule has 19 heavy (non-hydrogen) atoms. The predicted octanol–water partition coefficient (Wildman–Crippen LogP) is 2.36. The molecule has 5 nitrogen and oxygen atoms in total. The summed E-state index contributed by atoms with van der Waals surface area (Å²) in [6, 6.07) is 6.15. The first-order valence-electron chi connectivity index (χ1n) is 6.08. The van der Waals surface area contributed by atoms with Crippen LogP contribution in [-0.4, -0.2) is 28.0 Å². The Morgan fingerprint density at radius 2 is 2.26 bits per heavy atom. The number of aromatic nitrogens is 2. The Morgan fingerprint density at radius 1 is 1.47 bits per heavy atom. The van der Waals surface area contributed by atoms with E-state index in [1.807, 2.05) is 19.1 Å². The van der Waals surface area contributed by atoms with E-state index in [4.69, 9.17) is 16.6 Å². The Labute approximate surface area is 116 Å². The number of rotatable bonds is 5. The van der Waals surface area contributed by atoms with E-state index >= 15 is 0 Å². The van der Waals surface area contributed by atoms with Gasteiger partial charge in [-0.1, -0.05) is 17.7 Å². The van der Waals surface area contributed by atoms with Crippen LogP contribution in [0.5, 0.6) is 0 Å². The van der Waals surface area contributed by atoms with Crippen molar-refractivity contribution in [2.45, 2.75) is 26.4 Å². The zero-order valence-corrected chi connectivity index (χ0v) is 11.8. The van der Waals surface area contributed by atoms with E-state index in [2.05, 4.69) is 28.5 Å². The van der Waals surface area contributed by atoms with Gasteiger partial charge in [0, 0.05) is 12.2 Å². The molecule has 0 saturated carbocycles. The molecule has 2 rings (SSSR count). The lowest BCUT2D eigenvalue weighted by molar-refractivity contribution is 0.178. The van der Waals surface area contributed by atoms with Gasteiger partial charge in [-0.3, -0.25) is 0 Å². The van der Waals surface area contributed by atoms with Gasteiger partial charge in [0.15, 0.2) is 0 Å². The van der Waals surface area contributed by atoms with E-state index in [1.165, 1.54) is 5.56 Å². The fourth-order valence-electron chi connectivity index (χ4n) is 1.86. The average Bonchev–Trinajstić information content (AvgIpc) is 2.73. The second-order valence-electron chi connectivity index (χ2n) is 4.56. The summed E-state index contributed by atoms with van der Waals surface area (Å²) in [5.74, 6) is 0.417. The summed E-state index contributed by atoms with van der Waals surface area (Å²) in [4.78, 5) is 0.226. The average molecular weight is 279 g/mol. The maximum absolute atomic E-state index is 9.91. The number of benzene rings is 1. The van der Waals surface area contributed by atoms with Crippen LogP contribution < -0.4 is 5.32 Å². The first-order chi connectivity index (χ1) is 9.04. The molecule has 1 aromatic heterocycles. The molecule has 0 spiro atoms. The number of anilines is 1.